The number of anilines is 1. The summed E-state index contributed by atoms with van der Waals surface area (Å²) in [6.45, 7) is 3.59. The molecule has 1 rings (SSSR count). The van der Waals surface area contributed by atoms with E-state index in [2.05, 4.69) is 9.82 Å². The van der Waals surface area contributed by atoms with Gasteiger partial charge in [0.15, 0.2) is 0 Å². The first-order valence-electron chi connectivity index (χ1n) is 5.15. The normalized spacial score (nSPS) is 13.8. The third-order valence-corrected chi connectivity index (χ3v) is 4.11. The molecule has 1 aromatic rings. The lowest BCUT2D eigenvalue weighted by atomic mass is 10.3. The summed E-state index contributed by atoms with van der Waals surface area (Å²) in [5, 5.41) is 3.54. The van der Waals surface area contributed by atoms with E-state index < -0.39 is 15.3 Å². The molecule has 0 aliphatic rings. The summed E-state index contributed by atoms with van der Waals surface area (Å²) in [5.74, 6) is 0. The van der Waals surface area contributed by atoms with Gasteiger partial charge < -0.3 is 5.73 Å². The van der Waals surface area contributed by atoms with Gasteiger partial charge in [0.05, 0.1) is 16.6 Å². The van der Waals surface area contributed by atoms with Crippen molar-refractivity contribution in [3.05, 3.63) is 11.9 Å². The van der Waals surface area contributed by atoms with Crippen molar-refractivity contribution in [2.24, 2.45) is 12.8 Å². The van der Waals surface area contributed by atoms with Crippen LogP contribution in [0.15, 0.2) is 6.20 Å². The Morgan fingerprint density at radius 2 is 2.25 bits per heavy atom. The number of hydrogen-bond donors (Lipinski definition) is 2. The number of nitrogens with two attached hydrogens (primary N) is 1. The minimum absolute atomic E-state index is 0.0943. The first-order valence-corrected chi connectivity index (χ1v) is 6.69. The average Bonchev–Trinajstić information content (AvgIpc) is 2.56. The molecule has 0 bridgehead atoms. The number of nitrogens with zero attached hydrogens (tertiary/aromatic N) is 2. The van der Waals surface area contributed by atoms with Gasteiger partial charge in [-0.05, 0) is 13.3 Å². The van der Waals surface area contributed by atoms with E-state index in [1.54, 1.807) is 24.9 Å². The second-order valence-electron chi connectivity index (χ2n) is 3.71. The van der Waals surface area contributed by atoms with Crippen LogP contribution in [0.5, 0.6) is 0 Å². The number of aryl methyl sites for hydroxylation is 2. The highest BCUT2D eigenvalue weighted by molar-refractivity contribution is 7.93. The maximum atomic E-state index is 11.8. The lowest BCUT2D eigenvalue weighted by Gasteiger charge is -2.12. The molecule has 6 nitrogen and oxygen atoms in total. The molecule has 7 heteroatoms. The monoisotopic (exact) mass is 246 g/mol. The van der Waals surface area contributed by atoms with Gasteiger partial charge in [-0.2, -0.15) is 5.10 Å². The number of nitrogens with one attached hydrogen (secondary N) is 1. The molecule has 0 radical (unpaired) electrons. The summed E-state index contributed by atoms with van der Waals surface area (Å²) in [6, 6.07) is 0. The van der Waals surface area contributed by atoms with Crippen LogP contribution in [0, 0.1) is 0 Å². The quantitative estimate of drug-likeness (QED) is 0.769. The lowest BCUT2D eigenvalue weighted by Crippen LogP contribution is -2.31. The predicted octanol–water partition coefficient (Wildman–Crippen LogP) is 0.0714. The number of aromatic nitrogens is 2. The van der Waals surface area contributed by atoms with E-state index in [1.165, 1.54) is 0 Å². The van der Waals surface area contributed by atoms with Gasteiger partial charge >= 0.3 is 0 Å². The maximum Gasteiger partial charge on any atom is 0.236 e. The zero-order chi connectivity index (χ0) is 12.3. The second-order valence-corrected chi connectivity index (χ2v) is 5.81. The molecule has 92 valence electrons. The number of sulfonamides is 1. The molecule has 0 spiro atoms. The highest BCUT2D eigenvalue weighted by Crippen LogP contribution is 2.16. The van der Waals surface area contributed by atoms with Gasteiger partial charge in [0.25, 0.3) is 0 Å². The SMILES string of the molecule is CCc1nn(C)cc1NS(=O)(=O)C(C)CN. The van der Waals surface area contributed by atoms with Gasteiger partial charge in [-0.3, -0.25) is 9.40 Å². The number of rotatable bonds is 5. The molecule has 0 aromatic carbocycles. The molecule has 0 amide bonds. The molecular weight excluding hydrogens is 228 g/mol. The van der Waals surface area contributed by atoms with Crippen molar-refractivity contribution < 1.29 is 8.42 Å². The van der Waals surface area contributed by atoms with Crippen molar-refractivity contribution in [3.63, 3.8) is 0 Å². The first kappa shape index (κ1) is 13.0. The van der Waals surface area contributed by atoms with Crippen LogP contribution in [0.1, 0.15) is 19.5 Å². The molecule has 3 N–H and O–H groups in total. The van der Waals surface area contributed by atoms with Crippen LogP contribution in [0.2, 0.25) is 0 Å². The van der Waals surface area contributed by atoms with E-state index >= 15 is 0 Å². The van der Waals surface area contributed by atoms with Gasteiger partial charge in [-0.1, -0.05) is 6.92 Å². The van der Waals surface area contributed by atoms with E-state index in [-0.39, 0.29) is 6.54 Å². The second kappa shape index (κ2) is 4.84. The molecular formula is C9H18N4O2S. The number of hydrogen-bond acceptors (Lipinski definition) is 4. The predicted molar refractivity (Wildman–Crippen MR) is 63.6 cm³/mol. The Morgan fingerprint density at radius 3 is 2.75 bits per heavy atom. The molecule has 0 saturated heterocycles. The molecule has 0 fully saturated rings. The first-order chi connectivity index (χ1) is 7.40. The molecule has 1 heterocycles. The third-order valence-electron chi connectivity index (χ3n) is 2.35. The van der Waals surface area contributed by atoms with Gasteiger partial charge in [-0.25, -0.2) is 8.42 Å². The molecule has 16 heavy (non-hydrogen) atoms. The van der Waals surface area contributed by atoms with Crippen LogP contribution in [0.3, 0.4) is 0 Å². The van der Waals surface area contributed by atoms with E-state index in [9.17, 15) is 8.42 Å². The summed E-state index contributed by atoms with van der Waals surface area (Å²) in [5.41, 5.74) is 6.61. The summed E-state index contributed by atoms with van der Waals surface area (Å²) in [7, 11) is -1.66. The highest BCUT2D eigenvalue weighted by Gasteiger charge is 2.21. The van der Waals surface area contributed by atoms with Crippen molar-refractivity contribution in [3.8, 4) is 0 Å². The molecule has 0 aliphatic carbocycles. The lowest BCUT2D eigenvalue weighted by molar-refractivity contribution is 0.589. The zero-order valence-electron chi connectivity index (χ0n) is 9.77. The summed E-state index contributed by atoms with van der Waals surface area (Å²) in [4.78, 5) is 0. The maximum absolute atomic E-state index is 11.8. The van der Waals surface area contributed by atoms with Gasteiger partial charge in [0.1, 0.15) is 0 Å². The van der Waals surface area contributed by atoms with Crippen LogP contribution < -0.4 is 10.5 Å². The fourth-order valence-corrected chi connectivity index (χ4v) is 2.19. The van der Waals surface area contributed by atoms with Crippen LogP contribution in [0.4, 0.5) is 5.69 Å². The fourth-order valence-electron chi connectivity index (χ4n) is 1.26. The summed E-state index contributed by atoms with van der Waals surface area (Å²) < 4.78 is 27.7. The van der Waals surface area contributed by atoms with E-state index in [4.69, 9.17) is 5.73 Å². The van der Waals surface area contributed by atoms with Crippen molar-refractivity contribution >= 4 is 15.7 Å². The Morgan fingerprint density at radius 1 is 1.62 bits per heavy atom. The van der Waals surface area contributed by atoms with E-state index in [0.717, 1.165) is 5.69 Å². The van der Waals surface area contributed by atoms with Crippen LogP contribution in [-0.4, -0.2) is 30.0 Å². The van der Waals surface area contributed by atoms with Crippen molar-refractivity contribution in [1.29, 1.82) is 0 Å². The van der Waals surface area contributed by atoms with E-state index in [1.807, 2.05) is 6.92 Å². The Labute approximate surface area is 95.9 Å². The standard InChI is InChI=1S/C9H18N4O2S/c1-4-8-9(6-13(3)11-8)12-16(14,15)7(2)5-10/h6-7,12H,4-5,10H2,1-3H3. The van der Waals surface area contributed by atoms with Crippen LogP contribution >= 0.6 is 0 Å². The van der Waals surface area contributed by atoms with Crippen LogP contribution in [-0.2, 0) is 23.5 Å². The minimum atomic E-state index is -3.41. The van der Waals surface area contributed by atoms with Crippen molar-refractivity contribution in [2.45, 2.75) is 25.5 Å². The molecule has 1 aromatic heterocycles. The van der Waals surface area contributed by atoms with Crippen molar-refractivity contribution in [2.75, 3.05) is 11.3 Å². The van der Waals surface area contributed by atoms with Gasteiger partial charge in [0.2, 0.25) is 10.0 Å². The van der Waals surface area contributed by atoms with E-state index in [0.29, 0.717) is 12.1 Å². The average molecular weight is 246 g/mol. The van der Waals surface area contributed by atoms with Gasteiger partial charge in [-0.15, -0.1) is 0 Å². The van der Waals surface area contributed by atoms with Gasteiger partial charge in [0, 0.05) is 19.8 Å². The van der Waals surface area contributed by atoms with Crippen molar-refractivity contribution in [1.82, 2.24) is 9.78 Å². The Balaban J connectivity index is 2.96. The Bertz CT molecular complexity index is 452. The molecule has 0 saturated carbocycles. The zero-order valence-corrected chi connectivity index (χ0v) is 10.6. The summed E-state index contributed by atoms with van der Waals surface area (Å²) in [6.07, 6.45) is 2.33. The Kier molecular flexibility index (Phi) is 3.93. The third kappa shape index (κ3) is 2.73. The van der Waals surface area contributed by atoms with Crippen LogP contribution in [0.25, 0.3) is 0 Å². The highest BCUT2D eigenvalue weighted by atomic mass is 32.2. The minimum Gasteiger partial charge on any atom is -0.329 e. The smallest absolute Gasteiger partial charge is 0.236 e. The largest absolute Gasteiger partial charge is 0.329 e. The Hall–Kier alpha value is -1.08. The summed E-state index contributed by atoms with van der Waals surface area (Å²) >= 11 is 0. The molecule has 1 atom stereocenters. The molecule has 1 unspecified atom stereocenters. The fraction of sp³-hybridized carbons (Fsp3) is 0.667. The molecule has 0 aliphatic heterocycles. The topological polar surface area (TPSA) is 90.0 Å².